The third-order valence-electron chi connectivity index (χ3n) is 5.44. The first-order chi connectivity index (χ1) is 15.5. The maximum Gasteiger partial charge on any atom is 0.279 e. The van der Waals surface area contributed by atoms with E-state index in [1.165, 1.54) is 11.3 Å². The number of amides is 1. The van der Waals surface area contributed by atoms with Crippen molar-refractivity contribution in [2.45, 2.75) is 18.9 Å². The number of benzene rings is 2. The van der Waals surface area contributed by atoms with E-state index >= 15 is 0 Å². The fourth-order valence-electron chi connectivity index (χ4n) is 3.89. The van der Waals surface area contributed by atoms with Crippen molar-refractivity contribution in [1.82, 2.24) is 9.38 Å². The minimum atomic E-state index is -0.443. The van der Waals surface area contributed by atoms with Crippen molar-refractivity contribution in [2.24, 2.45) is 0 Å². The summed E-state index contributed by atoms with van der Waals surface area (Å²) in [5, 5.41) is 5.29. The number of anilines is 1. The average molecular weight is 468 g/mol. The van der Waals surface area contributed by atoms with Crippen LogP contribution in [0.5, 0.6) is 11.5 Å². The van der Waals surface area contributed by atoms with Gasteiger partial charge < -0.3 is 14.8 Å². The largest absolute Gasteiger partial charge is 0.493 e. The maximum atomic E-state index is 12.8. The van der Waals surface area contributed by atoms with Crippen molar-refractivity contribution >= 4 is 39.6 Å². The Bertz CT molecular complexity index is 1400. The van der Waals surface area contributed by atoms with Crippen LogP contribution >= 0.6 is 22.9 Å². The van der Waals surface area contributed by atoms with E-state index < -0.39 is 5.92 Å². The van der Waals surface area contributed by atoms with Crippen LogP contribution in [0.1, 0.15) is 29.0 Å². The minimum absolute atomic E-state index is 0.142. The lowest BCUT2D eigenvalue weighted by Gasteiger charge is -2.26. The lowest BCUT2D eigenvalue weighted by atomic mass is 9.86. The Hall–Kier alpha value is -3.36. The third-order valence-corrected chi connectivity index (χ3v) is 6.57. The molecule has 32 heavy (non-hydrogen) atoms. The molecule has 1 amide bonds. The van der Waals surface area contributed by atoms with E-state index in [0.29, 0.717) is 32.9 Å². The summed E-state index contributed by atoms with van der Waals surface area (Å²) in [6.45, 7) is 0.283. The van der Waals surface area contributed by atoms with Gasteiger partial charge in [-0.2, -0.15) is 4.98 Å². The van der Waals surface area contributed by atoms with Gasteiger partial charge in [0, 0.05) is 34.5 Å². The van der Waals surface area contributed by atoms with Crippen molar-refractivity contribution < 1.29 is 14.3 Å². The van der Waals surface area contributed by atoms with Crippen LogP contribution in [0, 0.1) is 0 Å². The number of hydrogen-bond acceptors (Lipinski definition) is 6. The number of halogens is 1. The summed E-state index contributed by atoms with van der Waals surface area (Å²) in [7, 11) is 1.55. The predicted octanol–water partition coefficient (Wildman–Crippen LogP) is 4.47. The number of nitrogens with zero attached hydrogens (tertiary/aromatic N) is 2. The quantitative estimate of drug-likeness (QED) is 0.468. The molecule has 1 unspecified atom stereocenters. The van der Waals surface area contributed by atoms with E-state index in [4.69, 9.17) is 21.1 Å². The second kappa shape index (κ2) is 8.29. The highest BCUT2D eigenvalue weighted by atomic mass is 35.5. The molecule has 0 fully saturated rings. The van der Waals surface area contributed by atoms with Crippen molar-refractivity contribution in [1.29, 1.82) is 0 Å². The van der Waals surface area contributed by atoms with Gasteiger partial charge >= 0.3 is 0 Å². The first-order valence-corrected chi connectivity index (χ1v) is 11.1. The molecule has 1 atom stereocenters. The molecule has 0 saturated heterocycles. The van der Waals surface area contributed by atoms with E-state index in [9.17, 15) is 9.59 Å². The van der Waals surface area contributed by atoms with Crippen LogP contribution in [0.4, 0.5) is 5.82 Å². The molecule has 5 rings (SSSR count). The summed E-state index contributed by atoms with van der Waals surface area (Å²) < 4.78 is 13.2. The molecule has 2 aromatic carbocycles. The zero-order valence-electron chi connectivity index (χ0n) is 17.0. The Balaban J connectivity index is 1.51. The summed E-state index contributed by atoms with van der Waals surface area (Å²) in [4.78, 5) is 30.1. The molecule has 0 saturated carbocycles. The summed E-state index contributed by atoms with van der Waals surface area (Å²) >= 11 is 7.55. The maximum absolute atomic E-state index is 12.8. The highest BCUT2D eigenvalue weighted by Crippen LogP contribution is 2.39. The fourth-order valence-corrected chi connectivity index (χ4v) is 4.78. The number of thiazole rings is 1. The first-order valence-electron chi connectivity index (χ1n) is 9.89. The number of ether oxygens (including phenoxy) is 2. The molecular formula is C23H18ClN3O4S. The molecule has 0 radical (unpaired) electrons. The van der Waals surface area contributed by atoms with E-state index in [-0.39, 0.29) is 24.5 Å². The highest BCUT2D eigenvalue weighted by Gasteiger charge is 2.32. The van der Waals surface area contributed by atoms with Gasteiger partial charge in [0.25, 0.3) is 5.56 Å². The van der Waals surface area contributed by atoms with Gasteiger partial charge in [0.15, 0.2) is 16.5 Å². The van der Waals surface area contributed by atoms with Crippen LogP contribution in [-0.2, 0) is 11.4 Å². The molecule has 162 valence electrons. The SMILES string of the molecule is COc1cc(C2CC(=O)Nc3c2c(=O)nc2sccn32)ccc1OCc1ccccc1Cl. The molecule has 0 aliphatic carbocycles. The van der Waals surface area contributed by atoms with E-state index in [0.717, 1.165) is 11.1 Å². The van der Waals surface area contributed by atoms with Gasteiger partial charge in [-0.1, -0.05) is 35.9 Å². The number of methoxy groups -OCH3 is 1. The second-order valence-corrected chi connectivity index (χ2v) is 8.61. The Morgan fingerprint density at radius 2 is 2.06 bits per heavy atom. The van der Waals surface area contributed by atoms with Crippen molar-refractivity contribution in [3.05, 3.63) is 86.1 Å². The van der Waals surface area contributed by atoms with E-state index in [1.54, 1.807) is 29.8 Å². The molecule has 4 aromatic rings. The number of aromatic nitrogens is 2. The summed E-state index contributed by atoms with van der Waals surface area (Å²) in [5.74, 6) is 0.917. The van der Waals surface area contributed by atoms with Crippen LogP contribution in [0.25, 0.3) is 4.96 Å². The normalized spacial score (nSPS) is 15.3. The Labute approximate surface area is 192 Å². The summed E-state index contributed by atoms with van der Waals surface area (Å²) in [6.07, 6.45) is 1.93. The van der Waals surface area contributed by atoms with Crippen LogP contribution in [0.2, 0.25) is 5.02 Å². The second-order valence-electron chi connectivity index (χ2n) is 7.33. The number of carbonyl (C=O) groups is 1. The van der Waals surface area contributed by atoms with Gasteiger partial charge in [-0.05, 0) is 23.8 Å². The number of carbonyl (C=O) groups excluding carboxylic acids is 1. The zero-order valence-corrected chi connectivity index (χ0v) is 18.6. The molecule has 1 N–H and O–H groups in total. The lowest BCUT2D eigenvalue weighted by Crippen LogP contribution is -2.31. The topological polar surface area (TPSA) is 81.9 Å². The van der Waals surface area contributed by atoms with Gasteiger partial charge in [-0.25, -0.2) is 0 Å². The number of nitrogens with one attached hydrogen (secondary N) is 1. The standard InChI is InChI=1S/C23H18ClN3O4S/c1-30-18-10-13(6-7-17(18)31-12-14-4-2-3-5-16(14)24)15-11-19(28)25-21-20(15)22(29)26-23-27(21)8-9-32-23/h2-10,15H,11-12H2,1H3,(H,25,28). The van der Waals surface area contributed by atoms with Crippen LogP contribution in [0.3, 0.4) is 0 Å². The fraction of sp³-hybridized carbons (Fsp3) is 0.174. The average Bonchev–Trinajstić information content (AvgIpc) is 3.26. The molecule has 0 spiro atoms. The molecule has 0 bridgehead atoms. The molecule has 1 aliphatic heterocycles. The Morgan fingerprint density at radius 1 is 1.22 bits per heavy atom. The van der Waals surface area contributed by atoms with Crippen molar-refractivity contribution in [2.75, 3.05) is 12.4 Å². The number of fused-ring (bicyclic) bond motifs is 3. The van der Waals surface area contributed by atoms with Gasteiger partial charge in [-0.3, -0.25) is 14.0 Å². The Morgan fingerprint density at radius 3 is 2.88 bits per heavy atom. The van der Waals surface area contributed by atoms with E-state index in [1.807, 2.05) is 35.7 Å². The van der Waals surface area contributed by atoms with E-state index in [2.05, 4.69) is 10.3 Å². The predicted molar refractivity (Wildman–Crippen MR) is 123 cm³/mol. The highest BCUT2D eigenvalue weighted by molar-refractivity contribution is 7.15. The number of hydrogen-bond donors (Lipinski definition) is 1. The van der Waals surface area contributed by atoms with Crippen LogP contribution in [0.15, 0.2) is 58.8 Å². The Kier molecular flexibility index (Phi) is 5.32. The van der Waals surface area contributed by atoms with Crippen molar-refractivity contribution in [3.8, 4) is 11.5 Å². The number of rotatable bonds is 5. The van der Waals surface area contributed by atoms with Crippen molar-refractivity contribution in [3.63, 3.8) is 0 Å². The first kappa shape index (κ1) is 20.5. The smallest absolute Gasteiger partial charge is 0.279 e. The summed E-state index contributed by atoms with van der Waals surface area (Å²) in [6, 6.07) is 12.9. The molecule has 9 heteroatoms. The lowest BCUT2D eigenvalue weighted by molar-refractivity contribution is -0.116. The monoisotopic (exact) mass is 467 g/mol. The van der Waals surface area contributed by atoms with Gasteiger partial charge in [-0.15, -0.1) is 11.3 Å². The van der Waals surface area contributed by atoms with Crippen LogP contribution in [-0.4, -0.2) is 22.4 Å². The molecule has 2 aromatic heterocycles. The van der Waals surface area contributed by atoms with Gasteiger partial charge in [0.1, 0.15) is 12.4 Å². The minimum Gasteiger partial charge on any atom is -0.493 e. The molecule has 3 heterocycles. The molecule has 7 nitrogen and oxygen atoms in total. The summed E-state index contributed by atoms with van der Waals surface area (Å²) in [5.41, 5.74) is 1.76. The van der Waals surface area contributed by atoms with Gasteiger partial charge in [0.05, 0.1) is 12.7 Å². The third kappa shape index (κ3) is 3.61. The van der Waals surface area contributed by atoms with Crippen LogP contribution < -0.4 is 20.3 Å². The van der Waals surface area contributed by atoms with Gasteiger partial charge in [0.2, 0.25) is 5.91 Å². The zero-order chi connectivity index (χ0) is 22.2. The molecule has 1 aliphatic rings. The molecular weight excluding hydrogens is 450 g/mol.